The van der Waals surface area contributed by atoms with Crippen molar-refractivity contribution in [2.24, 2.45) is 0 Å². The zero-order chi connectivity index (χ0) is 21.9. The Balaban J connectivity index is 1.58. The largest absolute Gasteiger partial charge is 0.376 e. The summed E-state index contributed by atoms with van der Waals surface area (Å²) in [6, 6.07) is 2.95. The number of hydrogen-bond acceptors (Lipinski definition) is 4. The van der Waals surface area contributed by atoms with Crippen LogP contribution < -0.4 is 4.72 Å². The molecule has 0 bridgehead atoms. The molecule has 1 saturated heterocycles. The maximum Gasteiger partial charge on any atom is 0.219 e. The number of benzene rings is 1. The Bertz CT molecular complexity index is 836. The maximum atomic E-state index is 13.5. The minimum absolute atomic E-state index is 0.0192. The molecule has 0 unspecified atom stereocenters. The molecule has 2 aliphatic rings. The topological polar surface area (TPSA) is 75.7 Å². The number of carbonyl (C=O) groups is 1. The fourth-order valence-corrected chi connectivity index (χ4v) is 5.50. The summed E-state index contributed by atoms with van der Waals surface area (Å²) in [5.74, 6) is -1.12. The summed E-state index contributed by atoms with van der Waals surface area (Å²) in [4.78, 5) is 13.7. The van der Waals surface area contributed by atoms with Gasteiger partial charge in [-0.1, -0.05) is 0 Å². The number of ether oxygens (including phenoxy) is 1. The SMILES string of the molecule is CC(=O)N1CCC[C@H](NS(C)(=O)=O)[C@@H]1CO[C@H]1CC[C@@H](c2cc(F)cc(F)c2)CC1. The van der Waals surface area contributed by atoms with E-state index in [9.17, 15) is 22.0 Å². The van der Waals surface area contributed by atoms with Crippen molar-refractivity contribution in [2.75, 3.05) is 19.4 Å². The van der Waals surface area contributed by atoms with E-state index in [2.05, 4.69) is 4.72 Å². The Morgan fingerprint density at radius 1 is 1.13 bits per heavy atom. The molecule has 1 aromatic rings. The fraction of sp³-hybridized carbons (Fsp3) is 0.667. The average molecular weight is 445 g/mol. The van der Waals surface area contributed by atoms with Crippen molar-refractivity contribution in [3.05, 3.63) is 35.4 Å². The Hall–Kier alpha value is -1.58. The highest BCUT2D eigenvalue weighted by atomic mass is 32.2. The van der Waals surface area contributed by atoms with Crippen LogP contribution in [0.25, 0.3) is 0 Å². The van der Waals surface area contributed by atoms with Crippen LogP contribution in [0, 0.1) is 11.6 Å². The van der Waals surface area contributed by atoms with Crippen LogP contribution >= 0.6 is 0 Å². The van der Waals surface area contributed by atoms with Crippen molar-refractivity contribution >= 4 is 15.9 Å². The second kappa shape index (κ2) is 9.70. The Labute approximate surface area is 177 Å². The molecule has 3 rings (SSSR count). The molecule has 9 heteroatoms. The first-order chi connectivity index (χ1) is 14.1. The van der Waals surface area contributed by atoms with Gasteiger partial charge in [-0.2, -0.15) is 0 Å². The molecule has 6 nitrogen and oxygen atoms in total. The molecule has 2 atom stereocenters. The number of nitrogens with zero attached hydrogens (tertiary/aromatic N) is 1. The van der Waals surface area contributed by atoms with E-state index in [-0.39, 0.29) is 36.6 Å². The van der Waals surface area contributed by atoms with Gasteiger partial charge in [0.25, 0.3) is 0 Å². The number of sulfonamides is 1. The first kappa shape index (κ1) is 23.1. The zero-order valence-corrected chi connectivity index (χ0v) is 18.3. The van der Waals surface area contributed by atoms with Gasteiger partial charge in [-0.25, -0.2) is 21.9 Å². The molecule has 1 aliphatic carbocycles. The van der Waals surface area contributed by atoms with Crippen LogP contribution in [0.2, 0.25) is 0 Å². The molecule has 0 radical (unpaired) electrons. The van der Waals surface area contributed by atoms with Gasteiger partial charge in [0, 0.05) is 25.6 Å². The third-order valence-electron chi connectivity index (χ3n) is 6.08. The lowest BCUT2D eigenvalue weighted by Crippen LogP contribution is -2.58. The van der Waals surface area contributed by atoms with E-state index in [0.717, 1.165) is 44.4 Å². The summed E-state index contributed by atoms with van der Waals surface area (Å²) in [5, 5.41) is 0. The van der Waals surface area contributed by atoms with Crippen molar-refractivity contribution < 1.29 is 26.7 Å². The maximum absolute atomic E-state index is 13.5. The number of halogens is 2. The van der Waals surface area contributed by atoms with Crippen molar-refractivity contribution in [3.8, 4) is 0 Å². The van der Waals surface area contributed by atoms with E-state index in [4.69, 9.17) is 4.74 Å². The molecule has 1 amide bonds. The highest BCUT2D eigenvalue weighted by Gasteiger charge is 2.35. The quantitative estimate of drug-likeness (QED) is 0.732. The molecule has 168 valence electrons. The van der Waals surface area contributed by atoms with E-state index in [0.29, 0.717) is 18.5 Å². The lowest BCUT2D eigenvalue weighted by molar-refractivity contribution is -0.136. The summed E-state index contributed by atoms with van der Waals surface area (Å²) >= 11 is 0. The molecule has 0 aromatic heterocycles. The third-order valence-corrected chi connectivity index (χ3v) is 6.81. The predicted octanol–water partition coefficient (Wildman–Crippen LogP) is 2.94. The molecule has 2 fully saturated rings. The van der Waals surface area contributed by atoms with Crippen LogP contribution in [-0.2, 0) is 19.6 Å². The number of likely N-dealkylation sites (tertiary alicyclic amines) is 1. The average Bonchev–Trinajstić information content (AvgIpc) is 2.65. The van der Waals surface area contributed by atoms with E-state index in [1.807, 2.05) is 0 Å². The smallest absolute Gasteiger partial charge is 0.219 e. The van der Waals surface area contributed by atoms with Crippen LogP contribution in [0.4, 0.5) is 8.78 Å². The lowest BCUT2D eigenvalue weighted by Gasteiger charge is -2.41. The van der Waals surface area contributed by atoms with Crippen LogP contribution in [0.5, 0.6) is 0 Å². The summed E-state index contributed by atoms with van der Waals surface area (Å²) in [6.07, 6.45) is 5.52. The molecule has 1 aliphatic heterocycles. The van der Waals surface area contributed by atoms with Crippen molar-refractivity contribution in [1.29, 1.82) is 0 Å². The van der Waals surface area contributed by atoms with Crippen LogP contribution in [0.3, 0.4) is 0 Å². The molecule has 1 N–H and O–H groups in total. The molecular formula is C21H30F2N2O4S. The highest BCUT2D eigenvalue weighted by Crippen LogP contribution is 2.35. The van der Waals surface area contributed by atoms with Gasteiger partial charge in [0.1, 0.15) is 11.6 Å². The van der Waals surface area contributed by atoms with E-state index < -0.39 is 21.7 Å². The van der Waals surface area contributed by atoms with Gasteiger partial charge in [-0.15, -0.1) is 0 Å². The molecule has 1 heterocycles. The molecule has 1 saturated carbocycles. The number of carbonyl (C=O) groups excluding carboxylic acids is 1. The van der Waals surface area contributed by atoms with Crippen molar-refractivity contribution in [3.63, 3.8) is 0 Å². The Morgan fingerprint density at radius 3 is 2.33 bits per heavy atom. The Kier molecular flexibility index (Phi) is 7.47. The zero-order valence-electron chi connectivity index (χ0n) is 17.4. The van der Waals surface area contributed by atoms with E-state index >= 15 is 0 Å². The first-order valence-corrected chi connectivity index (χ1v) is 12.3. The number of rotatable bonds is 6. The molecule has 0 spiro atoms. The van der Waals surface area contributed by atoms with Gasteiger partial charge in [0.2, 0.25) is 15.9 Å². The third kappa shape index (κ3) is 6.21. The highest BCUT2D eigenvalue weighted by molar-refractivity contribution is 7.88. The second-order valence-electron chi connectivity index (χ2n) is 8.43. The monoisotopic (exact) mass is 444 g/mol. The normalized spacial score (nSPS) is 27.8. The van der Waals surface area contributed by atoms with E-state index in [1.165, 1.54) is 19.1 Å². The summed E-state index contributed by atoms with van der Waals surface area (Å²) < 4.78 is 59.2. The van der Waals surface area contributed by atoms with Gasteiger partial charge in [0.05, 0.1) is 25.0 Å². The first-order valence-electron chi connectivity index (χ1n) is 10.4. The van der Waals surface area contributed by atoms with Gasteiger partial charge in [-0.3, -0.25) is 4.79 Å². The fourth-order valence-electron chi connectivity index (χ4n) is 4.67. The lowest BCUT2D eigenvalue weighted by atomic mass is 9.82. The minimum Gasteiger partial charge on any atom is -0.376 e. The number of nitrogens with one attached hydrogen (secondary N) is 1. The number of piperidine rings is 1. The molecular weight excluding hydrogens is 414 g/mol. The standard InChI is InChI=1S/C21H30F2N2O4S/c1-14(26)25-9-3-4-20(24-30(2,27)28)21(25)13-29-19-7-5-15(6-8-19)16-10-17(22)12-18(23)11-16/h10-12,15,19-21,24H,3-9,13H2,1-2H3/t15-,19+,20-,21-/m0/s1. The predicted molar refractivity (Wildman–Crippen MR) is 109 cm³/mol. The van der Waals surface area contributed by atoms with Gasteiger partial charge >= 0.3 is 0 Å². The van der Waals surface area contributed by atoms with Gasteiger partial charge in [-0.05, 0) is 62.1 Å². The number of hydrogen-bond donors (Lipinski definition) is 1. The molecule has 30 heavy (non-hydrogen) atoms. The minimum atomic E-state index is -3.40. The van der Waals surface area contributed by atoms with Crippen LogP contribution in [-0.4, -0.2) is 56.8 Å². The van der Waals surface area contributed by atoms with Gasteiger partial charge < -0.3 is 9.64 Å². The van der Waals surface area contributed by atoms with E-state index in [1.54, 1.807) is 4.90 Å². The Morgan fingerprint density at radius 2 is 1.77 bits per heavy atom. The summed E-state index contributed by atoms with van der Waals surface area (Å²) in [5.41, 5.74) is 0.679. The van der Waals surface area contributed by atoms with Gasteiger partial charge in [0.15, 0.2) is 0 Å². The van der Waals surface area contributed by atoms with Crippen molar-refractivity contribution in [1.82, 2.24) is 9.62 Å². The van der Waals surface area contributed by atoms with Crippen LogP contribution in [0.1, 0.15) is 56.9 Å². The second-order valence-corrected chi connectivity index (χ2v) is 10.2. The molecule has 1 aromatic carbocycles. The summed E-state index contributed by atoms with van der Waals surface area (Å²) in [7, 11) is -3.40. The van der Waals surface area contributed by atoms with Crippen LogP contribution in [0.15, 0.2) is 18.2 Å². The number of amides is 1. The van der Waals surface area contributed by atoms with Crippen molar-refractivity contribution in [2.45, 2.75) is 69.6 Å². The summed E-state index contributed by atoms with van der Waals surface area (Å²) in [6.45, 7) is 2.33.